The van der Waals surface area contributed by atoms with Crippen molar-refractivity contribution in [2.75, 3.05) is 39.4 Å². The van der Waals surface area contributed by atoms with Crippen LogP contribution < -0.4 is 4.74 Å². The summed E-state index contributed by atoms with van der Waals surface area (Å²) >= 11 is 0. The predicted octanol–water partition coefficient (Wildman–Crippen LogP) is 1.08. The van der Waals surface area contributed by atoms with Crippen LogP contribution in [-0.4, -0.2) is 71.5 Å². The maximum atomic E-state index is 12.5. The Balaban J connectivity index is 1.56. The van der Waals surface area contributed by atoms with E-state index < -0.39 is 0 Å². The Morgan fingerprint density at radius 1 is 1.23 bits per heavy atom. The molecule has 3 rings (SSSR count). The number of piperidine rings is 1. The summed E-state index contributed by atoms with van der Waals surface area (Å²) in [6.45, 7) is 5.87. The normalized spacial score (nSPS) is 22.5. The molecule has 0 spiro atoms. The van der Waals surface area contributed by atoms with Gasteiger partial charge < -0.3 is 19.3 Å². The van der Waals surface area contributed by atoms with E-state index in [9.17, 15) is 4.79 Å². The number of morpholine rings is 1. The van der Waals surface area contributed by atoms with Gasteiger partial charge in [0, 0.05) is 25.7 Å². The number of urea groups is 1. The molecule has 120 valence electrons. The number of amides is 2. The number of hydrogen-bond donors (Lipinski definition) is 0. The molecule has 0 aromatic carbocycles. The number of aryl methyl sites for hydroxylation is 1. The summed E-state index contributed by atoms with van der Waals surface area (Å²) in [5.41, 5.74) is 0.861. The molecule has 2 aliphatic rings. The second-order valence-corrected chi connectivity index (χ2v) is 5.72. The average Bonchev–Trinajstić information content (AvgIpc) is 2.57. The van der Waals surface area contributed by atoms with E-state index in [2.05, 4.69) is 10.2 Å². The number of aromatic nitrogens is 2. The standard InChI is InChI=1S/C15H22N4O3/c1-12-4-5-14(17-16-12)22-13-3-2-6-19(11-13)15(20)18-7-9-21-10-8-18/h4-5,13H,2-3,6-11H2,1H3. The minimum Gasteiger partial charge on any atom is -0.471 e. The minimum absolute atomic E-state index is 0.0178. The highest BCUT2D eigenvalue weighted by atomic mass is 16.5. The van der Waals surface area contributed by atoms with Crippen molar-refractivity contribution < 1.29 is 14.3 Å². The van der Waals surface area contributed by atoms with E-state index in [4.69, 9.17) is 9.47 Å². The van der Waals surface area contributed by atoms with Crippen LogP contribution in [0.15, 0.2) is 12.1 Å². The highest BCUT2D eigenvalue weighted by Gasteiger charge is 2.29. The maximum absolute atomic E-state index is 12.5. The Kier molecular flexibility index (Phi) is 4.72. The summed E-state index contributed by atoms with van der Waals surface area (Å²) in [6, 6.07) is 3.79. The SMILES string of the molecule is Cc1ccc(OC2CCCN(C(=O)N3CCOCC3)C2)nn1. The number of ether oxygens (including phenoxy) is 2. The zero-order valence-corrected chi connectivity index (χ0v) is 12.9. The Bertz CT molecular complexity index is 502. The summed E-state index contributed by atoms with van der Waals surface area (Å²) in [6.07, 6.45) is 1.86. The molecular weight excluding hydrogens is 284 g/mol. The lowest BCUT2D eigenvalue weighted by atomic mass is 10.1. The number of carbonyl (C=O) groups excluding carboxylic acids is 1. The first-order chi connectivity index (χ1) is 10.7. The van der Waals surface area contributed by atoms with Gasteiger partial charge >= 0.3 is 6.03 Å². The summed E-state index contributed by atoms with van der Waals surface area (Å²) in [5.74, 6) is 0.524. The topological polar surface area (TPSA) is 67.8 Å². The van der Waals surface area contributed by atoms with Crippen molar-refractivity contribution in [2.24, 2.45) is 0 Å². The van der Waals surface area contributed by atoms with Crippen molar-refractivity contribution in [3.8, 4) is 5.88 Å². The van der Waals surface area contributed by atoms with Crippen molar-refractivity contribution in [3.63, 3.8) is 0 Å². The van der Waals surface area contributed by atoms with Gasteiger partial charge in [-0.25, -0.2) is 4.79 Å². The number of hydrogen-bond acceptors (Lipinski definition) is 5. The first-order valence-corrected chi connectivity index (χ1v) is 7.81. The molecule has 22 heavy (non-hydrogen) atoms. The molecule has 0 radical (unpaired) electrons. The van der Waals surface area contributed by atoms with Crippen LogP contribution in [0.25, 0.3) is 0 Å². The van der Waals surface area contributed by atoms with Crippen LogP contribution in [0, 0.1) is 6.92 Å². The minimum atomic E-state index is -0.0178. The zero-order chi connectivity index (χ0) is 15.4. The third-order valence-electron chi connectivity index (χ3n) is 3.99. The van der Waals surface area contributed by atoms with E-state index in [1.807, 2.05) is 28.9 Å². The van der Waals surface area contributed by atoms with Crippen molar-refractivity contribution in [2.45, 2.75) is 25.9 Å². The molecule has 1 unspecified atom stereocenters. The van der Waals surface area contributed by atoms with Gasteiger partial charge in [0.1, 0.15) is 6.10 Å². The average molecular weight is 306 g/mol. The van der Waals surface area contributed by atoms with Crippen LogP contribution >= 0.6 is 0 Å². The number of nitrogens with zero attached hydrogens (tertiary/aromatic N) is 4. The Morgan fingerprint density at radius 2 is 2.05 bits per heavy atom. The fourth-order valence-corrected chi connectivity index (χ4v) is 2.78. The monoisotopic (exact) mass is 306 g/mol. The Morgan fingerprint density at radius 3 is 2.77 bits per heavy atom. The molecule has 2 aliphatic heterocycles. The van der Waals surface area contributed by atoms with Gasteiger partial charge in [-0.1, -0.05) is 0 Å². The Hall–Kier alpha value is -1.89. The molecule has 2 amide bonds. The lowest BCUT2D eigenvalue weighted by Crippen LogP contribution is -2.52. The van der Waals surface area contributed by atoms with Crippen molar-refractivity contribution >= 4 is 6.03 Å². The quantitative estimate of drug-likeness (QED) is 0.818. The second-order valence-electron chi connectivity index (χ2n) is 5.72. The molecule has 1 aromatic heterocycles. The summed E-state index contributed by atoms with van der Waals surface area (Å²) < 4.78 is 11.2. The molecule has 2 saturated heterocycles. The maximum Gasteiger partial charge on any atom is 0.320 e. The van der Waals surface area contributed by atoms with E-state index in [-0.39, 0.29) is 12.1 Å². The van der Waals surface area contributed by atoms with Gasteiger partial charge in [-0.3, -0.25) is 0 Å². The Labute approximate surface area is 130 Å². The lowest BCUT2D eigenvalue weighted by Gasteiger charge is -2.37. The third-order valence-corrected chi connectivity index (χ3v) is 3.99. The van der Waals surface area contributed by atoms with E-state index in [1.54, 1.807) is 0 Å². The van der Waals surface area contributed by atoms with Gasteiger partial charge in [-0.2, -0.15) is 5.10 Å². The zero-order valence-electron chi connectivity index (χ0n) is 12.9. The van der Waals surface area contributed by atoms with E-state index >= 15 is 0 Å². The summed E-state index contributed by atoms with van der Waals surface area (Å²) in [7, 11) is 0. The number of rotatable bonds is 2. The van der Waals surface area contributed by atoms with Gasteiger partial charge in [0.15, 0.2) is 0 Å². The van der Waals surface area contributed by atoms with E-state index in [0.717, 1.165) is 25.1 Å². The van der Waals surface area contributed by atoms with Gasteiger partial charge in [0.05, 0.1) is 25.5 Å². The van der Waals surface area contributed by atoms with Crippen molar-refractivity contribution in [1.29, 1.82) is 0 Å². The van der Waals surface area contributed by atoms with Crippen LogP contribution in [0.5, 0.6) is 5.88 Å². The van der Waals surface area contributed by atoms with Crippen LogP contribution in [0.1, 0.15) is 18.5 Å². The first kappa shape index (κ1) is 15.0. The molecule has 3 heterocycles. The van der Waals surface area contributed by atoms with Crippen molar-refractivity contribution in [1.82, 2.24) is 20.0 Å². The molecule has 0 N–H and O–H groups in total. The molecule has 7 heteroatoms. The lowest BCUT2D eigenvalue weighted by molar-refractivity contribution is 0.0324. The summed E-state index contributed by atoms with van der Waals surface area (Å²) in [5, 5.41) is 8.02. The molecular formula is C15H22N4O3. The highest BCUT2D eigenvalue weighted by molar-refractivity contribution is 5.74. The van der Waals surface area contributed by atoms with Gasteiger partial charge in [-0.05, 0) is 25.8 Å². The number of carbonyl (C=O) groups is 1. The molecule has 0 bridgehead atoms. The van der Waals surface area contributed by atoms with Crippen LogP contribution in [0.3, 0.4) is 0 Å². The van der Waals surface area contributed by atoms with E-state index in [1.165, 1.54) is 0 Å². The fraction of sp³-hybridized carbons (Fsp3) is 0.667. The van der Waals surface area contributed by atoms with Gasteiger partial charge in [0.25, 0.3) is 0 Å². The molecule has 7 nitrogen and oxygen atoms in total. The van der Waals surface area contributed by atoms with Crippen molar-refractivity contribution in [3.05, 3.63) is 17.8 Å². The second kappa shape index (κ2) is 6.91. The molecule has 0 aliphatic carbocycles. The number of likely N-dealkylation sites (tertiary alicyclic amines) is 1. The summed E-state index contributed by atoms with van der Waals surface area (Å²) in [4.78, 5) is 16.2. The molecule has 2 fully saturated rings. The third kappa shape index (κ3) is 3.65. The van der Waals surface area contributed by atoms with Gasteiger partial charge in [0.2, 0.25) is 5.88 Å². The molecule has 0 saturated carbocycles. The largest absolute Gasteiger partial charge is 0.471 e. The predicted molar refractivity (Wildman–Crippen MR) is 79.8 cm³/mol. The molecule has 1 aromatic rings. The highest BCUT2D eigenvalue weighted by Crippen LogP contribution is 2.18. The smallest absolute Gasteiger partial charge is 0.320 e. The van der Waals surface area contributed by atoms with Gasteiger partial charge in [-0.15, -0.1) is 5.10 Å². The van der Waals surface area contributed by atoms with Crippen LogP contribution in [0.2, 0.25) is 0 Å². The van der Waals surface area contributed by atoms with Crippen LogP contribution in [0.4, 0.5) is 4.79 Å². The van der Waals surface area contributed by atoms with E-state index in [0.29, 0.717) is 38.7 Å². The molecule has 1 atom stereocenters. The fourth-order valence-electron chi connectivity index (χ4n) is 2.78. The first-order valence-electron chi connectivity index (χ1n) is 7.81. The van der Waals surface area contributed by atoms with Crippen LogP contribution in [-0.2, 0) is 4.74 Å².